The van der Waals surface area contributed by atoms with Crippen LogP contribution >= 0.6 is 11.7 Å². The number of rotatable bonds is 8. The molecule has 0 aliphatic carbocycles. The fourth-order valence-corrected chi connectivity index (χ4v) is 6.50. The third-order valence-electron chi connectivity index (χ3n) is 5.94. The number of hydrogen-bond donors (Lipinski definition) is 1. The molecular weight excluding hydrogens is 464 g/mol. The second kappa shape index (κ2) is 10.7. The largest absolute Gasteiger partial charge is 0.374 e. The summed E-state index contributed by atoms with van der Waals surface area (Å²) in [7, 11) is -3.66. The van der Waals surface area contributed by atoms with Crippen molar-refractivity contribution in [2.45, 2.75) is 24.8 Å². The number of nitrogens with zero attached hydrogens (tertiary/aromatic N) is 5. The van der Waals surface area contributed by atoms with Gasteiger partial charge in [-0.15, -0.1) is 0 Å². The third kappa shape index (κ3) is 6.06. The van der Waals surface area contributed by atoms with Gasteiger partial charge in [0.2, 0.25) is 15.9 Å². The summed E-state index contributed by atoms with van der Waals surface area (Å²) in [4.78, 5) is 17.0. The maximum atomic E-state index is 13.1. The van der Waals surface area contributed by atoms with E-state index in [-0.39, 0.29) is 23.5 Å². The van der Waals surface area contributed by atoms with Crippen LogP contribution in [0.1, 0.15) is 13.8 Å². The molecule has 3 heterocycles. The first kappa shape index (κ1) is 24.4. The van der Waals surface area contributed by atoms with Gasteiger partial charge in [-0.25, -0.2) is 8.42 Å². The molecule has 0 saturated carbocycles. The topological polar surface area (TPSA) is 108 Å². The highest BCUT2D eigenvalue weighted by Crippen LogP contribution is 2.25. The Morgan fingerprint density at radius 2 is 1.97 bits per heavy atom. The monoisotopic (exact) mass is 496 g/mol. The number of ether oxygens (including phenoxy) is 1. The summed E-state index contributed by atoms with van der Waals surface area (Å²) in [5, 5.41) is 2.98. The molecule has 1 aromatic heterocycles. The lowest BCUT2D eigenvalue weighted by molar-refractivity contribution is -0.123. The maximum absolute atomic E-state index is 13.1. The van der Waals surface area contributed by atoms with Crippen LogP contribution in [0.5, 0.6) is 0 Å². The van der Waals surface area contributed by atoms with Crippen molar-refractivity contribution in [3.8, 4) is 0 Å². The number of nitrogens with one attached hydrogen (secondary N) is 1. The fourth-order valence-electron chi connectivity index (χ4n) is 4.33. The number of carbonyl (C=O) groups is 1. The Morgan fingerprint density at radius 3 is 2.73 bits per heavy atom. The van der Waals surface area contributed by atoms with Gasteiger partial charge in [0.1, 0.15) is 15.9 Å². The quantitative estimate of drug-likeness (QED) is 0.562. The molecule has 1 aromatic carbocycles. The first-order chi connectivity index (χ1) is 15.8. The minimum Gasteiger partial charge on any atom is -0.374 e. The van der Waals surface area contributed by atoms with Gasteiger partial charge in [-0.1, -0.05) is 19.9 Å². The van der Waals surface area contributed by atoms with E-state index in [9.17, 15) is 13.2 Å². The zero-order valence-corrected chi connectivity index (χ0v) is 20.8. The van der Waals surface area contributed by atoms with Gasteiger partial charge in [0.15, 0.2) is 0 Å². The number of aromatic nitrogens is 2. The molecule has 0 spiro atoms. The summed E-state index contributed by atoms with van der Waals surface area (Å²) in [6, 6.07) is 5.03. The third-order valence-corrected chi connectivity index (χ3v) is 8.41. The zero-order chi connectivity index (χ0) is 23.4. The van der Waals surface area contributed by atoms with E-state index in [1.807, 2.05) is 4.90 Å². The van der Waals surface area contributed by atoms with E-state index >= 15 is 0 Å². The van der Waals surface area contributed by atoms with Crippen molar-refractivity contribution >= 4 is 38.7 Å². The Kier molecular flexibility index (Phi) is 7.92. The van der Waals surface area contributed by atoms with Crippen molar-refractivity contribution in [1.82, 2.24) is 28.2 Å². The van der Waals surface area contributed by atoms with Crippen molar-refractivity contribution < 1.29 is 17.9 Å². The molecule has 12 heteroatoms. The van der Waals surface area contributed by atoms with Gasteiger partial charge in [0, 0.05) is 52.4 Å². The lowest BCUT2D eigenvalue weighted by Crippen LogP contribution is -2.52. The van der Waals surface area contributed by atoms with Crippen molar-refractivity contribution in [2.75, 3.05) is 65.5 Å². The normalized spacial score (nSPS) is 21.6. The molecule has 1 atom stereocenters. The Bertz CT molecular complexity index is 1050. The van der Waals surface area contributed by atoms with Gasteiger partial charge in [-0.05, 0) is 18.1 Å². The van der Waals surface area contributed by atoms with E-state index in [1.165, 1.54) is 4.31 Å². The molecule has 2 aliphatic rings. The van der Waals surface area contributed by atoms with E-state index in [2.05, 4.69) is 32.8 Å². The second-order valence-corrected chi connectivity index (χ2v) is 11.5. The van der Waals surface area contributed by atoms with Crippen molar-refractivity contribution in [3.05, 3.63) is 18.2 Å². The van der Waals surface area contributed by atoms with E-state index in [0.29, 0.717) is 56.3 Å². The number of carbonyl (C=O) groups excluding carboxylic acids is 1. The first-order valence-electron chi connectivity index (χ1n) is 11.4. The highest BCUT2D eigenvalue weighted by atomic mass is 32.2. The summed E-state index contributed by atoms with van der Waals surface area (Å²) >= 11 is 1.01. The van der Waals surface area contributed by atoms with Gasteiger partial charge < -0.3 is 10.1 Å². The average Bonchev–Trinajstić information content (AvgIpc) is 3.27. The summed E-state index contributed by atoms with van der Waals surface area (Å²) in [6.45, 7) is 10.3. The molecule has 1 amide bonds. The van der Waals surface area contributed by atoms with Crippen LogP contribution in [0.2, 0.25) is 0 Å². The molecule has 10 nitrogen and oxygen atoms in total. The number of morpholine rings is 1. The number of fused-ring (bicyclic) bond motifs is 1. The highest BCUT2D eigenvalue weighted by Gasteiger charge is 2.31. The number of amides is 1. The van der Waals surface area contributed by atoms with Crippen molar-refractivity contribution in [2.24, 2.45) is 5.92 Å². The van der Waals surface area contributed by atoms with Gasteiger partial charge in [0.05, 0.1) is 31.0 Å². The number of piperazine rings is 1. The lowest BCUT2D eigenvalue weighted by atomic mass is 10.2. The lowest BCUT2D eigenvalue weighted by Gasteiger charge is -2.35. The summed E-state index contributed by atoms with van der Waals surface area (Å²) in [5.74, 6) is 0.543. The standard InChI is InChI=1S/C21H32N6O4S2/c1-16(2)13-26-10-11-31-17(14-26)12-22-20(28)15-25-6-8-27(9-7-25)33(29,30)19-5-3-4-18-21(19)24-32-23-18/h3-5,16-17H,6-15H2,1-2H3,(H,22,28)/t17-/m0/s1. The minimum atomic E-state index is -3.66. The molecule has 0 radical (unpaired) electrons. The second-order valence-electron chi connectivity index (χ2n) is 9.02. The highest BCUT2D eigenvalue weighted by molar-refractivity contribution is 7.89. The molecule has 4 rings (SSSR count). The fraction of sp³-hybridized carbons (Fsp3) is 0.667. The minimum absolute atomic E-state index is 0.00588. The van der Waals surface area contributed by atoms with Crippen LogP contribution in [0.4, 0.5) is 0 Å². The van der Waals surface area contributed by atoms with E-state index in [1.54, 1.807) is 18.2 Å². The Labute approximate surface area is 199 Å². The van der Waals surface area contributed by atoms with Crippen LogP contribution in [-0.4, -0.2) is 109 Å². The molecule has 0 unspecified atom stereocenters. The molecule has 182 valence electrons. The van der Waals surface area contributed by atoms with Gasteiger partial charge in [-0.2, -0.15) is 13.1 Å². The van der Waals surface area contributed by atoms with E-state index < -0.39 is 10.0 Å². The number of hydrogen-bond acceptors (Lipinski definition) is 9. The molecule has 1 N–H and O–H groups in total. The molecule has 2 aromatic rings. The summed E-state index contributed by atoms with van der Waals surface area (Å²) < 4.78 is 41.8. The van der Waals surface area contributed by atoms with Crippen LogP contribution in [-0.2, 0) is 19.6 Å². The maximum Gasteiger partial charge on any atom is 0.245 e. The average molecular weight is 497 g/mol. The Balaban J connectivity index is 1.24. The van der Waals surface area contributed by atoms with Crippen LogP contribution in [0.15, 0.2) is 23.1 Å². The Hall–Kier alpha value is -1.70. The number of benzene rings is 1. The molecule has 2 aliphatic heterocycles. The van der Waals surface area contributed by atoms with Gasteiger partial charge >= 0.3 is 0 Å². The van der Waals surface area contributed by atoms with Crippen molar-refractivity contribution in [3.63, 3.8) is 0 Å². The smallest absolute Gasteiger partial charge is 0.245 e. The van der Waals surface area contributed by atoms with Gasteiger partial charge in [0.25, 0.3) is 0 Å². The van der Waals surface area contributed by atoms with Crippen LogP contribution < -0.4 is 5.32 Å². The van der Waals surface area contributed by atoms with Gasteiger partial charge in [-0.3, -0.25) is 14.6 Å². The van der Waals surface area contributed by atoms with Crippen LogP contribution in [0.25, 0.3) is 11.0 Å². The predicted octanol–water partition coefficient (Wildman–Crippen LogP) is 0.471. The Morgan fingerprint density at radius 1 is 1.18 bits per heavy atom. The molecule has 0 bridgehead atoms. The molecule has 2 saturated heterocycles. The zero-order valence-electron chi connectivity index (χ0n) is 19.1. The van der Waals surface area contributed by atoms with Crippen LogP contribution in [0.3, 0.4) is 0 Å². The molecular formula is C21H32N6O4S2. The molecule has 2 fully saturated rings. The SMILES string of the molecule is CC(C)CN1CCO[C@@H](CNC(=O)CN2CCN(S(=O)(=O)c3cccc4nsnc34)CC2)C1. The number of sulfonamides is 1. The summed E-state index contributed by atoms with van der Waals surface area (Å²) in [5.41, 5.74) is 1.01. The van der Waals surface area contributed by atoms with E-state index in [0.717, 1.165) is 31.4 Å². The predicted molar refractivity (Wildman–Crippen MR) is 127 cm³/mol. The van der Waals surface area contributed by atoms with Crippen LogP contribution in [0, 0.1) is 5.92 Å². The molecule has 33 heavy (non-hydrogen) atoms. The summed E-state index contributed by atoms with van der Waals surface area (Å²) in [6.07, 6.45) is 0.00588. The first-order valence-corrected chi connectivity index (χ1v) is 13.5. The van der Waals surface area contributed by atoms with Crippen molar-refractivity contribution in [1.29, 1.82) is 0 Å². The van der Waals surface area contributed by atoms with E-state index in [4.69, 9.17) is 4.74 Å².